The first-order chi connectivity index (χ1) is 15.2. The van der Waals surface area contributed by atoms with Crippen molar-refractivity contribution < 1.29 is 31.2 Å². The van der Waals surface area contributed by atoms with Crippen LogP contribution in [0.15, 0.2) is 47.6 Å². The predicted molar refractivity (Wildman–Crippen MR) is 117 cm³/mol. The quantitative estimate of drug-likeness (QED) is 0.444. The van der Waals surface area contributed by atoms with Crippen LogP contribution in [0.25, 0.3) is 0 Å². The van der Waals surface area contributed by atoms with Gasteiger partial charge in [0, 0.05) is 31.6 Å². The second kappa shape index (κ2) is 8.83. The summed E-state index contributed by atoms with van der Waals surface area (Å²) in [6.07, 6.45) is 2.64. The van der Waals surface area contributed by atoms with Crippen molar-refractivity contribution in [2.24, 2.45) is 0 Å². The number of hydrogen-bond acceptors (Lipinski definition) is 6. The topological polar surface area (TPSA) is 112 Å². The fourth-order valence-electron chi connectivity index (χ4n) is 3.12. The van der Waals surface area contributed by atoms with Crippen LogP contribution in [0.2, 0.25) is 0 Å². The number of hydrogen-bond donors (Lipinski definition) is 2. The van der Waals surface area contributed by atoms with Crippen LogP contribution in [0.1, 0.15) is 12.5 Å². The Morgan fingerprint density at radius 1 is 1.18 bits per heavy atom. The van der Waals surface area contributed by atoms with Gasteiger partial charge in [0.05, 0.1) is 17.6 Å². The first-order valence-electron chi connectivity index (χ1n) is 9.37. The lowest BCUT2D eigenvalue weighted by atomic mass is 9.92. The maximum absolute atomic E-state index is 13.2. The van der Waals surface area contributed by atoms with Crippen molar-refractivity contribution in [2.45, 2.75) is 29.3 Å². The average molecular weight is 504 g/mol. The molecule has 1 aliphatic rings. The summed E-state index contributed by atoms with van der Waals surface area (Å²) < 4.78 is 65.4. The second-order valence-corrected chi connectivity index (χ2v) is 10.6. The zero-order valence-corrected chi connectivity index (χ0v) is 19.3. The van der Waals surface area contributed by atoms with Gasteiger partial charge in [-0.15, -0.1) is 0 Å². The van der Waals surface area contributed by atoms with Gasteiger partial charge in [0.15, 0.2) is 0 Å². The van der Waals surface area contributed by atoms with Crippen LogP contribution >= 0.6 is 11.8 Å². The molecule has 2 heterocycles. The molecular weight excluding hydrogens is 483 g/mol. The number of carbonyl (C=O) groups is 2. The Morgan fingerprint density at radius 2 is 1.82 bits per heavy atom. The Bertz CT molecular complexity index is 1170. The minimum absolute atomic E-state index is 0.0656. The van der Waals surface area contributed by atoms with Crippen LogP contribution in [0, 0.1) is 0 Å². The molecular formula is C19H20F3N5O4S2. The highest BCUT2D eigenvalue weighted by molar-refractivity contribution is 8.00. The number of carbonyl (C=O) groups excluding carboxylic acids is 2. The third-order valence-corrected chi connectivity index (χ3v) is 6.94. The Kier molecular flexibility index (Phi) is 6.64. The number of nitrogens with one attached hydrogen (secondary N) is 2. The number of urea groups is 1. The summed E-state index contributed by atoms with van der Waals surface area (Å²) in [4.78, 5) is 30.4. The van der Waals surface area contributed by atoms with E-state index in [9.17, 15) is 31.2 Å². The molecule has 0 bridgehead atoms. The van der Waals surface area contributed by atoms with Crippen LogP contribution in [0.3, 0.4) is 0 Å². The zero-order chi connectivity index (χ0) is 24.6. The molecule has 14 heteroatoms. The van der Waals surface area contributed by atoms with Crippen LogP contribution in [0.5, 0.6) is 0 Å². The number of halogens is 3. The van der Waals surface area contributed by atoms with E-state index in [-0.39, 0.29) is 34.5 Å². The van der Waals surface area contributed by atoms with Gasteiger partial charge in [-0.2, -0.15) is 25.9 Å². The number of pyridine rings is 1. The largest absolute Gasteiger partial charge is 0.446 e. The minimum atomic E-state index is -4.46. The fourth-order valence-corrected chi connectivity index (χ4v) is 4.30. The molecule has 33 heavy (non-hydrogen) atoms. The van der Waals surface area contributed by atoms with Gasteiger partial charge < -0.3 is 5.32 Å². The van der Waals surface area contributed by atoms with Crippen molar-refractivity contribution in [3.05, 3.63) is 48.3 Å². The molecule has 1 saturated heterocycles. The highest BCUT2D eigenvalue weighted by Gasteiger charge is 2.48. The van der Waals surface area contributed by atoms with Gasteiger partial charge in [-0.25, -0.2) is 9.69 Å². The fraction of sp³-hybridized carbons (Fsp3) is 0.316. The standard InChI is InChI=1S/C19H20F3N5O4S2/c1-18(10-12-8-9-23-11-15(12)25-33(30,31)26(2)3)16(28)27(17(29)24-18)13-4-6-14(7-5-13)32-19(20,21)22/h4-9,11,25H,10H2,1-3H3,(H,24,29). The lowest BCUT2D eigenvalue weighted by Gasteiger charge is -2.24. The molecule has 3 rings (SSSR count). The zero-order valence-electron chi connectivity index (χ0n) is 17.7. The van der Waals surface area contributed by atoms with Crippen molar-refractivity contribution in [3.63, 3.8) is 0 Å². The normalized spacial score (nSPS) is 19.2. The van der Waals surface area contributed by atoms with Gasteiger partial charge in [0.25, 0.3) is 5.91 Å². The highest BCUT2D eigenvalue weighted by Crippen LogP contribution is 2.38. The van der Waals surface area contributed by atoms with Gasteiger partial charge in [-0.05, 0) is 54.6 Å². The summed E-state index contributed by atoms with van der Waals surface area (Å²) in [5, 5.41) is 2.59. The van der Waals surface area contributed by atoms with E-state index < -0.39 is 33.2 Å². The Labute approximate surface area is 192 Å². The molecule has 1 aromatic heterocycles. The molecule has 0 aliphatic carbocycles. The first-order valence-corrected chi connectivity index (χ1v) is 11.6. The molecule has 3 amide bonds. The van der Waals surface area contributed by atoms with Crippen molar-refractivity contribution in [2.75, 3.05) is 23.7 Å². The Morgan fingerprint density at radius 3 is 2.39 bits per heavy atom. The minimum Gasteiger partial charge on any atom is -0.323 e. The molecule has 2 N–H and O–H groups in total. The Hall–Kier alpha value is -2.84. The van der Waals surface area contributed by atoms with Crippen molar-refractivity contribution in [1.82, 2.24) is 14.6 Å². The predicted octanol–water partition coefficient (Wildman–Crippen LogP) is 2.97. The van der Waals surface area contributed by atoms with Crippen LogP contribution in [0.4, 0.5) is 29.3 Å². The van der Waals surface area contributed by atoms with Gasteiger partial charge in [-0.1, -0.05) is 0 Å². The van der Waals surface area contributed by atoms with E-state index in [1.54, 1.807) is 0 Å². The number of rotatable bonds is 7. The molecule has 1 unspecified atom stereocenters. The SMILES string of the molecule is CN(C)S(=O)(=O)Nc1cnccc1CC1(C)NC(=O)N(c2ccc(SC(F)(F)F)cc2)C1=O. The van der Waals surface area contributed by atoms with E-state index >= 15 is 0 Å². The molecule has 2 aromatic rings. The van der Waals surface area contributed by atoms with E-state index in [0.717, 1.165) is 9.21 Å². The van der Waals surface area contributed by atoms with Crippen molar-refractivity contribution >= 4 is 45.3 Å². The number of alkyl halides is 3. The number of thioether (sulfide) groups is 1. The molecule has 0 spiro atoms. The smallest absolute Gasteiger partial charge is 0.323 e. The third kappa shape index (κ3) is 5.57. The van der Waals surface area contributed by atoms with Gasteiger partial charge >= 0.3 is 21.7 Å². The lowest BCUT2D eigenvalue weighted by molar-refractivity contribution is -0.121. The van der Waals surface area contributed by atoms with E-state index in [4.69, 9.17) is 0 Å². The molecule has 1 fully saturated rings. The van der Waals surface area contributed by atoms with E-state index in [2.05, 4.69) is 15.0 Å². The second-order valence-electron chi connectivity index (χ2n) is 7.54. The maximum atomic E-state index is 13.2. The summed E-state index contributed by atoms with van der Waals surface area (Å²) >= 11 is -0.306. The Balaban J connectivity index is 1.85. The monoisotopic (exact) mass is 503 g/mol. The number of amides is 3. The summed E-state index contributed by atoms with van der Waals surface area (Å²) in [7, 11) is -1.16. The molecule has 1 aliphatic heterocycles. The molecule has 9 nitrogen and oxygen atoms in total. The van der Waals surface area contributed by atoms with Crippen molar-refractivity contribution in [3.8, 4) is 0 Å². The van der Waals surface area contributed by atoms with Crippen LogP contribution in [-0.2, 0) is 21.4 Å². The number of anilines is 2. The van der Waals surface area contributed by atoms with Crippen LogP contribution < -0.4 is 14.9 Å². The summed E-state index contributed by atoms with van der Waals surface area (Å²) in [6.45, 7) is 1.48. The molecule has 1 aromatic carbocycles. The summed E-state index contributed by atoms with van der Waals surface area (Å²) in [6, 6.07) is 5.61. The summed E-state index contributed by atoms with van der Waals surface area (Å²) in [5.41, 5.74) is -5.24. The first kappa shape index (κ1) is 24.8. The highest BCUT2D eigenvalue weighted by atomic mass is 32.2. The van der Waals surface area contributed by atoms with Crippen LogP contribution in [-0.4, -0.2) is 54.8 Å². The number of nitrogens with zero attached hydrogens (tertiary/aromatic N) is 3. The number of imide groups is 1. The van der Waals surface area contributed by atoms with E-state index in [1.165, 1.54) is 63.7 Å². The molecule has 178 valence electrons. The van der Waals surface area contributed by atoms with Gasteiger partial charge in [0.1, 0.15) is 5.54 Å². The molecule has 0 saturated carbocycles. The lowest BCUT2D eigenvalue weighted by Crippen LogP contribution is -2.46. The number of benzene rings is 1. The van der Waals surface area contributed by atoms with Gasteiger partial charge in [0.2, 0.25) is 0 Å². The van der Waals surface area contributed by atoms with Crippen molar-refractivity contribution in [1.29, 1.82) is 0 Å². The summed E-state index contributed by atoms with van der Waals surface area (Å²) in [5.74, 6) is -0.637. The van der Waals surface area contributed by atoms with E-state index in [1.807, 2.05) is 0 Å². The number of aromatic nitrogens is 1. The molecule has 1 atom stereocenters. The molecule has 0 radical (unpaired) electrons. The third-order valence-electron chi connectivity index (χ3n) is 4.76. The van der Waals surface area contributed by atoms with Gasteiger partial charge in [-0.3, -0.25) is 14.5 Å². The average Bonchev–Trinajstić information content (AvgIpc) is 2.91. The van der Waals surface area contributed by atoms with E-state index in [0.29, 0.717) is 5.56 Å². The maximum Gasteiger partial charge on any atom is 0.446 e.